The molecular formula is C12H12F4N2O3. The van der Waals surface area contributed by atoms with E-state index in [-0.39, 0.29) is 12.6 Å². The topological polar surface area (TPSA) is 69.6 Å². The van der Waals surface area contributed by atoms with Gasteiger partial charge in [-0.2, -0.15) is 0 Å². The maximum absolute atomic E-state index is 13.4. The van der Waals surface area contributed by atoms with E-state index in [4.69, 9.17) is 5.11 Å². The van der Waals surface area contributed by atoms with E-state index in [0.717, 1.165) is 4.90 Å². The van der Waals surface area contributed by atoms with Crippen molar-refractivity contribution in [1.82, 2.24) is 4.90 Å². The molecule has 1 rings (SSSR count). The lowest BCUT2D eigenvalue weighted by Gasteiger charge is -2.20. The highest BCUT2D eigenvalue weighted by molar-refractivity contribution is 5.91. The van der Waals surface area contributed by atoms with E-state index < -0.39 is 47.5 Å². The van der Waals surface area contributed by atoms with Crippen LogP contribution in [0.15, 0.2) is 6.07 Å². The Morgan fingerprint density at radius 2 is 1.71 bits per heavy atom. The number of carboxylic acids is 1. The molecule has 0 unspecified atom stereocenters. The molecule has 1 aromatic rings. The molecular weight excluding hydrogens is 296 g/mol. The third-order valence-corrected chi connectivity index (χ3v) is 2.45. The maximum atomic E-state index is 13.4. The quantitative estimate of drug-likeness (QED) is 0.649. The van der Waals surface area contributed by atoms with Gasteiger partial charge in [-0.3, -0.25) is 4.79 Å². The van der Waals surface area contributed by atoms with E-state index in [1.165, 1.54) is 0 Å². The van der Waals surface area contributed by atoms with Crippen LogP contribution in [0.4, 0.5) is 28.0 Å². The fourth-order valence-corrected chi connectivity index (χ4v) is 1.55. The molecule has 0 saturated carbocycles. The van der Waals surface area contributed by atoms with Crippen molar-refractivity contribution in [2.45, 2.75) is 13.3 Å². The average Bonchev–Trinajstić information content (AvgIpc) is 2.40. The zero-order valence-corrected chi connectivity index (χ0v) is 10.9. The summed E-state index contributed by atoms with van der Waals surface area (Å²) in [6, 6.07) is -1.18. The van der Waals surface area contributed by atoms with Gasteiger partial charge in [0.2, 0.25) is 0 Å². The number of halogens is 4. The van der Waals surface area contributed by atoms with Crippen LogP contribution in [-0.4, -0.2) is 35.1 Å². The van der Waals surface area contributed by atoms with Gasteiger partial charge in [-0.25, -0.2) is 22.4 Å². The number of aliphatic carboxylic acids is 1. The standard InChI is InChI=1S/C12H12F4N2O3/c1-2-3-18(5-8(19)20)12(21)17-11-9(15)6(13)4-7(14)10(11)16/h4H,2-3,5H2,1H3,(H,17,21)(H,19,20). The SMILES string of the molecule is CCCN(CC(=O)O)C(=O)Nc1c(F)c(F)cc(F)c1F. The van der Waals surface area contributed by atoms with Crippen LogP contribution in [0.1, 0.15) is 13.3 Å². The minimum atomic E-state index is -1.77. The number of amides is 2. The predicted molar refractivity (Wildman–Crippen MR) is 64.8 cm³/mol. The van der Waals surface area contributed by atoms with Crippen molar-refractivity contribution < 1.29 is 32.3 Å². The van der Waals surface area contributed by atoms with E-state index in [1.54, 1.807) is 12.2 Å². The van der Waals surface area contributed by atoms with Crippen LogP contribution in [0.3, 0.4) is 0 Å². The second-order valence-electron chi connectivity index (χ2n) is 4.09. The molecule has 0 atom stereocenters. The van der Waals surface area contributed by atoms with E-state index in [2.05, 4.69) is 0 Å². The highest BCUT2D eigenvalue weighted by Crippen LogP contribution is 2.24. The number of nitrogens with zero attached hydrogens (tertiary/aromatic N) is 1. The number of hydrogen-bond donors (Lipinski definition) is 2. The number of rotatable bonds is 5. The predicted octanol–water partition coefficient (Wildman–Crippen LogP) is 2.57. The van der Waals surface area contributed by atoms with E-state index >= 15 is 0 Å². The lowest BCUT2D eigenvalue weighted by Crippen LogP contribution is -2.39. The number of carboxylic acid groups (broad SMARTS) is 1. The minimum Gasteiger partial charge on any atom is -0.480 e. The zero-order valence-electron chi connectivity index (χ0n) is 10.9. The summed E-state index contributed by atoms with van der Waals surface area (Å²) in [4.78, 5) is 23.1. The molecule has 2 amide bonds. The number of benzene rings is 1. The molecule has 1 aromatic carbocycles. The number of urea groups is 1. The third kappa shape index (κ3) is 4.07. The van der Waals surface area contributed by atoms with Crippen molar-refractivity contribution in [2.24, 2.45) is 0 Å². The molecule has 5 nitrogen and oxygen atoms in total. The Morgan fingerprint density at radius 1 is 1.19 bits per heavy atom. The fraction of sp³-hybridized carbons (Fsp3) is 0.333. The largest absolute Gasteiger partial charge is 0.480 e. The number of carbonyl (C=O) groups is 2. The Hall–Kier alpha value is -2.32. The number of carbonyl (C=O) groups excluding carboxylic acids is 1. The molecule has 0 bridgehead atoms. The second kappa shape index (κ2) is 6.91. The molecule has 0 radical (unpaired) electrons. The molecule has 0 spiro atoms. The molecule has 0 aliphatic heterocycles. The van der Waals surface area contributed by atoms with Crippen molar-refractivity contribution in [3.8, 4) is 0 Å². The maximum Gasteiger partial charge on any atom is 0.323 e. The highest BCUT2D eigenvalue weighted by atomic mass is 19.2. The lowest BCUT2D eigenvalue weighted by atomic mass is 10.2. The van der Waals surface area contributed by atoms with Crippen LogP contribution in [0.2, 0.25) is 0 Å². The van der Waals surface area contributed by atoms with Crippen molar-refractivity contribution in [3.05, 3.63) is 29.3 Å². The summed E-state index contributed by atoms with van der Waals surface area (Å²) in [7, 11) is 0. The molecule has 0 aliphatic carbocycles. The Morgan fingerprint density at radius 3 is 2.14 bits per heavy atom. The van der Waals surface area contributed by atoms with Crippen LogP contribution in [0.5, 0.6) is 0 Å². The van der Waals surface area contributed by atoms with Crippen molar-refractivity contribution in [3.63, 3.8) is 0 Å². The molecule has 2 N–H and O–H groups in total. The van der Waals surface area contributed by atoms with E-state index in [9.17, 15) is 27.2 Å². The Kier molecular flexibility index (Phi) is 5.51. The number of anilines is 1. The van der Waals surface area contributed by atoms with Crippen LogP contribution in [-0.2, 0) is 4.79 Å². The number of hydrogen-bond acceptors (Lipinski definition) is 2. The smallest absolute Gasteiger partial charge is 0.323 e. The van der Waals surface area contributed by atoms with Gasteiger partial charge in [0.1, 0.15) is 12.2 Å². The van der Waals surface area contributed by atoms with Gasteiger partial charge in [0.05, 0.1) is 0 Å². The van der Waals surface area contributed by atoms with Crippen LogP contribution < -0.4 is 5.32 Å². The van der Waals surface area contributed by atoms with Gasteiger partial charge in [-0.15, -0.1) is 0 Å². The van der Waals surface area contributed by atoms with Crippen LogP contribution in [0.25, 0.3) is 0 Å². The first-order valence-electron chi connectivity index (χ1n) is 5.88. The van der Waals surface area contributed by atoms with Gasteiger partial charge in [0, 0.05) is 12.6 Å². The molecule has 0 fully saturated rings. The first-order valence-corrected chi connectivity index (χ1v) is 5.88. The molecule has 116 valence electrons. The Balaban J connectivity index is 3.03. The molecule has 9 heteroatoms. The zero-order chi connectivity index (χ0) is 16.2. The lowest BCUT2D eigenvalue weighted by molar-refractivity contribution is -0.137. The molecule has 0 saturated heterocycles. The summed E-state index contributed by atoms with van der Waals surface area (Å²) in [6.45, 7) is 0.908. The third-order valence-electron chi connectivity index (χ3n) is 2.45. The highest BCUT2D eigenvalue weighted by Gasteiger charge is 2.23. The van der Waals surface area contributed by atoms with Crippen molar-refractivity contribution in [1.29, 1.82) is 0 Å². The summed E-state index contributed by atoms with van der Waals surface area (Å²) in [5.41, 5.74) is -1.30. The van der Waals surface area contributed by atoms with E-state index in [0.29, 0.717) is 6.42 Å². The van der Waals surface area contributed by atoms with Gasteiger partial charge >= 0.3 is 12.0 Å². The minimum absolute atomic E-state index is 0.00137. The van der Waals surface area contributed by atoms with Gasteiger partial charge in [-0.05, 0) is 6.42 Å². The summed E-state index contributed by atoms with van der Waals surface area (Å²) in [6.07, 6.45) is 0.378. The summed E-state index contributed by atoms with van der Waals surface area (Å²) >= 11 is 0. The average molecular weight is 308 g/mol. The molecule has 0 heterocycles. The number of nitrogens with one attached hydrogen (secondary N) is 1. The monoisotopic (exact) mass is 308 g/mol. The van der Waals surface area contributed by atoms with Crippen molar-refractivity contribution >= 4 is 17.7 Å². The first kappa shape index (κ1) is 16.7. The van der Waals surface area contributed by atoms with Gasteiger partial charge in [0.25, 0.3) is 0 Å². The molecule has 0 aliphatic rings. The van der Waals surface area contributed by atoms with Gasteiger partial charge < -0.3 is 15.3 Å². The Bertz CT molecular complexity index is 540. The van der Waals surface area contributed by atoms with Crippen molar-refractivity contribution in [2.75, 3.05) is 18.4 Å². The molecule has 0 aromatic heterocycles. The first-order chi connectivity index (χ1) is 9.77. The Labute approximate surface area is 117 Å². The normalized spacial score (nSPS) is 10.3. The van der Waals surface area contributed by atoms with E-state index in [1.807, 2.05) is 0 Å². The second-order valence-corrected chi connectivity index (χ2v) is 4.09. The van der Waals surface area contributed by atoms with Crippen LogP contribution >= 0.6 is 0 Å². The molecule has 21 heavy (non-hydrogen) atoms. The summed E-state index contributed by atoms with van der Waals surface area (Å²) in [5, 5.41) is 10.3. The van der Waals surface area contributed by atoms with Crippen LogP contribution in [0, 0.1) is 23.3 Å². The van der Waals surface area contributed by atoms with Gasteiger partial charge in [0.15, 0.2) is 23.3 Å². The van der Waals surface area contributed by atoms with Gasteiger partial charge in [-0.1, -0.05) is 6.92 Å². The fourth-order valence-electron chi connectivity index (χ4n) is 1.55. The summed E-state index contributed by atoms with van der Waals surface area (Å²) < 4.78 is 52.7. The summed E-state index contributed by atoms with van der Waals surface area (Å²) in [5.74, 6) is -8.23.